The minimum atomic E-state index is -0.111. The van der Waals surface area contributed by atoms with Gasteiger partial charge in [-0.1, -0.05) is 30.3 Å². The summed E-state index contributed by atoms with van der Waals surface area (Å²) in [6.45, 7) is 0.578. The smallest absolute Gasteiger partial charge is 0.229 e. The van der Waals surface area contributed by atoms with Crippen LogP contribution in [-0.4, -0.2) is 41.4 Å². The molecule has 1 aliphatic rings. The number of hydrogen-bond acceptors (Lipinski definition) is 4. The number of piperidine rings is 1. The first-order chi connectivity index (χ1) is 12.1. The maximum absolute atomic E-state index is 12.0. The van der Waals surface area contributed by atoms with Crippen molar-refractivity contribution >= 4 is 17.6 Å². The maximum Gasteiger partial charge on any atom is 0.229 e. The van der Waals surface area contributed by atoms with Gasteiger partial charge in [-0.05, 0) is 24.1 Å². The molecule has 1 aromatic carbocycles. The topological polar surface area (TPSA) is 71.5 Å². The average Bonchev–Trinajstić information content (AvgIpc) is 2.61. The number of amides is 2. The molecule has 25 heavy (non-hydrogen) atoms. The molecule has 0 aliphatic carbocycles. The van der Waals surface area contributed by atoms with Gasteiger partial charge < -0.3 is 15.0 Å². The first kappa shape index (κ1) is 17.0. The fourth-order valence-electron chi connectivity index (χ4n) is 2.75. The van der Waals surface area contributed by atoms with Crippen LogP contribution < -0.4 is 10.1 Å². The van der Waals surface area contributed by atoms with E-state index in [4.69, 9.17) is 4.74 Å². The Morgan fingerprint density at radius 3 is 2.76 bits per heavy atom. The molecule has 1 aliphatic heterocycles. The Kier molecular flexibility index (Phi) is 5.28. The number of carbonyl (C=O) groups is 2. The summed E-state index contributed by atoms with van der Waals surface area (Å²) in [5, 5.41) is 2.78. The number of hydrogen-bond donors (Lipinski definition) is 1. The highest BCUT2D eigenvalue weighted by molar-refractivity contribution is 5.91. The van der Waals surface area contributed by atoms with Gasteiger partial charge in [0, 0.05) is 13.5 Å². The number of nitrogens with zero attached hydrogens (tertiary/aromatic N) is 2. The molecular weight excluding hydrogens is 318 g/mol. The molecule has 2 aromatic rings. The minimum absolute atomic E-state index is 0.0250. The van der Waals surface area contributed by atoms with Gasteiger partial charge in [0.25, 0.3) is 0 Å². The Hall–Kier alpha value is -2.89. The number of pyridine rings is 1. The van der Waals surface area contributed by atoms with Crippen molar-refractivity contribution in [2.75, 3.05) is 18.9 Å². The molecule has 0 spiro atoms. The van der Waals surface area contributed by atoms with Crippen LogP contribution in [0, 0.1) is 0 Å². The van der Waals surface area contributed by atoms with Gasteiger partial charge in [-0.15, -0.1) is 0 Å². The molecule has 0 radical (unpaired) electrons. The van der Waals surface area contributed by atoms with E-state index in [1.54, 1.807) is 30.3 Å². The van der Waals surface area contributed by atoms with Crippen molar-refractivity contribution in [3.63, 3.8) is 0 Å². The molecular formula is C19H21N3O3. The molecule has 1 aromatic heterocycles. The average molecular weight is 339 g/mol. The largest absolute Gasteiger partial charge is 0.487 e. The molecule has 1 unspecified atom stereocenters. The van der Waals surface area contributed by atoms with Crippen molar-refractivity contribution in [2.45, 2.75) is 25.4 Å². The highest BCUT2D eigenvalue weighted by Crippen LogP contribution is 2.19. The molecule has 6 heteroatoms. The Labute approximate surface area is 146 Å². The van der Waals surface area contributed by atoms with Gasteiger partial charge in [0.15, 0.2) is 0 Å². The van der Waals surface area contributed by atoms with Crippen LogP contribution in [0.1, 0.15) is 18.4 Å². The van der Waals surface area contributed by atoms with E-state index in [2.05, 4.69) is 10.3 Å². The number of carbonyl (C=O) groups excluding carboxylic acids is 2. The molecule has 130 valence electrons. The first-order valence-electron chi connectivity index (χ1n) is 8.30. The molecule has 1 saturated heterocycles. The second-order valence-corrected chi connectivity index (χ2v) is 6.14. The van der Waals surface area contributed by atoms with Crippen molar-refractivity contribution in [3.8, 4) is 5.75 Å². The Balaban J connectivity index is 1.52. The zero-order valence-electron chi connectivity index (χ0n) is 14.1. The van der Waals surface area contributed by atoms with Gasteiger partial charge in [0.2, 0.25) is 11.8 Å². The van der Waals surface area contributed by atoms with E-state index < -0.39 is 0 Å². The number of likely N-dealkylation sites (N-methyl/N-ethyl adjacent to an activating group) is 1. The van der Waals surface area contributed by atoms with Gasteiger partial charge in [-0.2, -0.15) is 0 Å². The van der Waals surface area contributed by atoms with Crippen LogP contribution in [0.15, 0.2) is 48.7 Å². The number of ether oxygens (including phenoxy) is 1. The van der Waals surface area contributed by atoms with Crippen LogP contribution in [0.5, 0.6) is 5.75 Å². The summed E-state index contributed by atoms with van der Waals surface area (Å²) in [6.07, 6.45) is 3.08. The minimum Gasteiger partial charge on any atom is -0.487 e. The lowest BCUT2D eigenvalue weighted by atomic mass is 10.1. The summed E-state index contributed by atoms with van der Waals surface area (Å²) < 4.78 is 5.86. The van der Waals surface area contributed by atoms with E-state index >= 15 is 0 Å². The predicted molar refractivity (Wildman–Crippen MR) is 94.3 cm³/mol. The molecule has 0 saturated carbocycles. The van der Waals surface area contributed by atoms with Crippen molar-refractivity contribution < 1.29 is 14.3 Å². The SMILES string of the molecule is CN1CC(Oc2ccc(NC(=O)Cc3ccccc3)nc2)CCC1=O. The Bertz CT molecular complexity index is 731. The van der Waals surface area contributed by atoms with Crippen molar-refractivity contribution in [3.05, 3.63) is 54.2 Å². The number of likely N-dealkylation sites (tertiary alicyclic amines) is 1. The second kappa shape index (κ2) is 7.79. The Morgan fingerprint density at radius 1 is 1.28 bits per heavy atom. The lowest BCUT2D eigenvalue weighted by Crippen LogP contribution is -2.42. The van der Waals surface area contributed by atoms with Gasteiger partial charge in [-0.3, -0.25) is 9.59 Å². The number of anilines is 1. The van der Waals surface area contributed by atoms with Crippen LogP contribution in [0.25, 0.3) is 0 Å². The zero-order chi connectivity index (χ0) is 17.6. The molecule has 1 atom stereocenters. The fraction of sp³-hybridized carbons (Fsp3) is 0.316. The Morgan fingerprint density at radius 2 is 2.08 bits per heavy atom. The van der Waals surface area contributed by atoms with E-state index in [9.17, 15) is 9.59 Å². The van der Waals surface area contributed by atoms with E-state index in [1.165, 1.54) is 0 Å². The monoisotopic (exact) mass is 339 g/mol. The summed E-state index contributed by atoms with van der Waals surface area (Å²) >= 11 is 0. The van der Waals surface area contributed by atoms with Crippen LogP contribution in [-0.2, 0) is 16.0 Å². The molecule has 6 nitrogen and oxygen atoms in total. The van der Waals surface area contributed by atoms with Crippen LogP contribution in [0.3, 0.4) is 0 Å². The normalized spacial score (nSPS) is 17.2. The van der Waals surface area contributed by atoms with Gasteiger partial charge in [0.1, 0.15) is 17.7 Å². The van der Waals surface area contributed by atoms with Crippen LogP contribution in [0.2, 0.25) is 0 Å². The highest BCUT2D eigenvalue weighted by Gasteiger charge is 2.24. The molecule has 1 fully saturated rings. The zero-order valence-corrected chi connectivity index (χ0v) is 14.1. The molecule has 3 rings (SSSR count). The fourth-order valence-corrected chi connectivity index (χ4v) is 2.75. The first-order valence-corrected chi connectivity index (χ1v) is 8.30. The van der Waals surface area contributed by atoms with Gasteiger partial charge in [-0.25, -0.2) is 4.98 Å². The van der Waals surface area contributed by atoms with Crippen molar-refractivity contribution in [1.29, 1.82) is 0 Å². The summed E-state index contributed by atoms with van der Waals surface area (Å²) in [5.74, 6) is 1.16. The van der Waals surface area contributed by atoms with E-state index in [-0.39, 0.29) is 17.9 Å². The summed E-state index contributed by atoms with van der Waals surface area (Å²) in [6, 6.07) is 13.1. The number of nitrogens with one attached hydrogen (secondary N) is 1. The van der Waals surface area contributed by atoms with E-state index in [0.717, 1.165) is 5.56 Å². The van der Waals surface area contributed by atoms with Crippen LogP contribution >= 0.6 is 0 Å². The van der Waals surface area contributed by atoms with Gasteiger partial charge in [0.05, 0.1) is 19.2 Å². The third-order valence-corrected chi connectivity index (χ3v) is 4.10. The molecule has 0 bridgehead atoms. The molecule has 2 heterocycles. The molecule has 2 amide bonds. The summed E-state index contributed by atoms with van der Waals surface area (Å²) in [5.41, 5.74) is 0.955. The standard InChI is InChI=1S/C19H21N3O3/c1-22-13-16(8-10-19(22)24)25-15-7-9-17(20-12-15)21-18(23)11-14-5-3-2-4-6-14/h2-7,9,12,16H,8,10-11,13H2,1H3,(H,20,21,23). The van der Waals surface area contributed by atoms with E-state index in [0.29, 0.717) is 37.4 Å². The number of aromatic nitrogens is 1. The lowest BCUT2D eigenvalue weighted by Gasteiger charge is -2.29. The number of benzene rings is 1. The highest BCUT2D eigenvalue weighted by atomic mass is 16.5. The summed E-state index contributed by atoms with van der Waals surface area (Å²) in [4.78, 5) is 29.4. The maximum atomic E-state index is 12.0. The van der Waals surface area contributed by atoms with Crippen LogP contribution in [0.4, 0.5) is 5.82 Å². The number of rotatable bonds is 5. The quantitative estimate of drug-likeness (QED) is 0.907. The van der Waals surface area contributed by atoms with Gasteiger partial charge >= 0.3 is 0 Å². The third kappa shape index (κ3) is 4.79. The second-order valence-electron chi connectivity index (χ2n) is 6.14. The van der Waals surface area contributed by atoms with E-state index in [1.807, 2.05) is 30.3 Å². The third-order valence-electron chi connectivity index (χ3n) is 4.10. The summed E-state index contributed by atoms with van der Waals surface area (Å²) in [7, 11) is 1.78. The predicted octanol–water partition coefficient (Wildman–Crippen LogP) is 2.26. The van der Waals surface area contributed by atoms with Crippen molar-refractivity contribution in [2.24, 2.45) is 0 Å². The van der Waals surface area contributed by atoms with Crippen molar-refractivity contribution in [1.82, 2.24) is 9.88 Å². The lowest BCUT2D eigenvalue weighted by molar-refractivity contribution is -0.134. The molecule has 1 N–H and O–H groups in total.